The van der Waals surface area contributed by atoms with Crippen molar-refractivity contribution >= 4 is 35.6 Å². The second-order valence-corrected chi connectivity index (χ2v) is 5.14. The number of anilines is 1. The monoisotopic (exact) mass is 449 g/mol. The number of nitrogens with two attached hydrogens (primary N) is 1. The standard InChI is InChI=1S/C18H19N5O.HI/c1-24-17-6-3-2-5-16(17)22-18(19)20-13-14-7-9-15(10-8-14)23-12-4-11-21-23;/h2-12H,13H2,1H3,(H3,19,20,22);1H. The number of benzene rings is 2. The Morgan fingerprint density at radius 2 is 1.92 bits per heavy atom. The van der Waals surface area contributed by atoms with Gasteiger partial charge < -0.3 is 15.8 Å². The number of rotatable bonds is 5. The third-order valence-electron chi connectivity index (χ3n) is 3.51. The van der Waals surface area contributed by atoms with Crippen LogP contribution >= 0.6 is 24.0 Å². The lowest BCUT2D eigenvalue weighted by atomic mass is 10.2. The predicted molar refractivity (Wildman–Crippen MR) is 111 cm³/mol. The summed E-state index contributed by atoms with van der Waals surface area (Å²) in [6, 6.07) is 17.5. The highest BCUT2D eigenvalue weighted by Crippen LogP contribution is 2.22. The topological polar surface area (TPSA) is 77.5 Å². The van der Waals surface area contributed by atoms with Crippen molar-refractivity contribution in [2.24, 2.45) is 10.7 Å². The molecule has 1 heterocycles. The van der Waals surface area contributed by atoms with Crippen molar-refractivity contribution in [1.29, 1.82) is 0 Å². The van der Waals surface area contributed by atoms with E-state index in [4.69, 9.17) is 10.5 Å². The molecule has 0 bridgehead atoms. The second kappa shape index (κ2) is 9.07. The molecule has 3 N–H and O–H groups in total. The van der Waals surface area contributed by atoms with Crippen LogP contribution in [0.3, 0.4) is 0 Å². The lowest BCUT2D eigenvalue weighted by Gasteiger charge is -2.10. The Hall–Kier alpha value is -2.55. The van der Waals surface area contributed by atoms with Crippen LogP contribution in [-0.4, -0.2) is 22.8 Å². The normalized spacial score (nSPS) is 10.8. The van der Waals surface area contributed by atoms with Gasteiger partial charge in [-0.1, -0.05) is 24.3 Å². The molecule has 0 fully saturated rings. The molecule has 3 rings (SSSR count). The van der Waals surface area contributed by atoms with Crippen molar-refractivity contribution in [2.45, 2.75) is 6.54 Å². The van der Waals surface area contributed by atoms with Gasteiger partial charge in [0.25, 0.3) is 0 Å². The third kappa shape index (κ3) is 4.96. The van der Waals surface area contributed by atoms with Gasteiger partial charge in [0, 0.05) is 12.4 Å². The molecule has 7 heteroatoms. The van der Waals surface area contributed by atoms with Gasteiger partial charge >= 0.3 is 0 Å². The van der Waals surface area contributed by atoms with Crippen LogP contribution in [0.1, 0.15) is 5.56 Å². The molecular formula is C18H20IN5O. The highest BCUT2D eigenvalue weighted by atomic mass is 127. The molecule has 1 aromatic heterocycles. The molecule has 130 valence electrons. The smallest absolute Gasteiger partial charge is 0.193 e. The van der Waals surface area contributed by atoms with Gasteiger partial charge in [0.15, 0.2) is 5.96 Å². The zero-order valence-electron chi connectivity index (χ0n) is 13.8. The summed E-state index contributed by atoms with van der Waals surface area (Å²) < 4.78 is 7.09. The van der Waals surface area contributed by atoms with Crippen LogP contribution in [0.5, 0.6) is 5.75 Å². The predicted octanol–water partition coefficient (Wildman–Crippen LogP) is 3.43. The van der Waals surface area contributed by atoms with E-state index < -0.39 is 0 Å². The Kier molecular flexibility index (Phi) is 6.81. The van der Waals surface area contributed by atoms with Crippen LogP contribution in [0.4, 0.5) is 5.69 Å². The first-order chi connectivity index (χ1) is 11.8. The Morgan fingerprint density at radius 3 is 2.60 bits per heavy atom. The molecule has 0 saturated heterocycles. The number of halogens is 1. The van der Waals surface area contributed by atoms with Gasteiger partial charge in [-0.25, -0.2) is 9.67 Å². The van der Waals surface area contributed by atoms with Crippen molar-refractivity contribution in [3.63, 3.8) is 0 Å². The number of guanidine groups is 1. The highest BCUT2D eigenvalue weighted by molar-refractivity contribution is 14.0. The summed E-state index contributed by atoms with van der Waals surface area (Å²) in [5.41, 5.74) is 8.81. The zero-order chi connectivity index (χ0) is 16.8. The first kappa shape index (κ1) is 18.8. The molecule has 0 saturated carbocycles. The van der Waals surface area contributed by atoms with Gasteiger partial charge in [-0.2, -0.15) is 5.10 Å². The fraction of sp³-hybridized carbons (Fsp3) is 0.111. The van der Waals surface area contributed by atoms with Gasteiger partial charge in [0.2, 0.25) is 0 Å². The summed E-state index contributed by atoms with van der Waals surface area (Å²) in [5.74, 6) is 1.06. The summed E-state index contributed by atoms with van der Waals surface area (Å²) in [5, 5.41) is 7.25. The van der Waals surface area contributed by atoms with Crippen LogP contribution in [0.25, 0.3) is 5.69 Å². The minimum Gasteiger partial charge on any atom is -0.495 e. The molecular weight excluding hydrogens is 429 g/mol. The maximum Gasteiger partial charge on any atom is 0.193 e. The first-order valence-corrected chi connectivity index (χ1v) is 7.55. The van der Waals surface area contributed by atoms with E-state index in [0.29, 0.717) is 12.5 Å². The zero-order valence-corrected chi connectivity index (χ0v) is 16.1. The molecule has 3 aromatic rings. The Bertz CT molecular complexity index is 816. The van der Waals surface area contributed by atoms with Crippen molar-refractivity contribution in [3.05, 3.63) is 72.6 Å². The number of aliphatic imine (C=N–C) groups is 1. The number of nitrogens with one attached hydrogen (secondary N) is 1. The SMILES string of the molecule is COc1ccccc1NC(N)=NCc1ccc(-n2cccn2)cc1.I. The van der Waals surface area contributed by atoms with Crippen LogP contribution in [0.15, 0.2) is 72.0 Å². The van der Waals surface area contributed by atoms with Gasteiger partial charge in [0.05, 0.1) is 25.0 Å². The van der Waals surface area contributed by atoms with Crippen molar-refractivity contribution in [2.75, 3.05) is 12.4 Å². The van der Waals surface area contributed by atoms with Gasteiger partial charge in [0.1, 0.15) is 5.75 Å². The van der Waals surface area contributed by atoms with Crippen LogP contribution in [-0.2, 0) is 6.54 Å². The number of para-hydroxylation sites is 2. The lowest BCUT2D eigenvalue weighted by Crippen LogP contribution is -2.22. The molecule has 0 unspecified atom stereocenters. The largest absolute Gasteiger partial charge is 0.495 e. The Labute approximate surface area is 163 Å². The summed E-state index contributed by atoms with van der Waals surface area (Å²) in [7, 11) is 1.62. The fourth-order valence-corrected chi connectivity index (χ4v) is 2.28. The van der Waals surface area contributed by atoms with E-state index >= 15 is 0 Å². The average Bonchev–Trinajstić information content (AvgIpc) is 3.15. The molecule has 0 aliphatic carbocycles. The molecule has 0 radical (unpaired) electrons. The third-order valence-corrected chi connectivity index (χ3v) is 3.51. The summed E-state index contributed by atoms with van der Waals surface area (Å²) in [6.07, 6.45) is 3.66. The maximum absolute atomic E-state index is 5.95. The molecule has 0 amide bonds. The molecule has 6 nitrogen and oxygen atoms in total. The number of aromatic nitrogens is 2. The van der Waals surface area contributed by atoms with Crippen LogP contribution in [0, 0.1) is 0 Å². The van der Waals surface area contributed by atoms with E-state index in [-0.39, 0.29) is 24.0 Å². The first-order valence-electron chi connectivity index (χ1n) is 7.55. The van der Waals surface area contributed by atoms with Crippen molar-refractivity contribution in [1.82, 2.24) is 9.78 Å². The van der Waals surface area contributed by atoms with E-state index in [9.17, 15) is 0 Å². The van der Waals surface area contributed by atoms with Crippen molar-refractivity contribution < 1.29 is 4.74 Å². The molecule has 2 aromatic carbocycles. The Balaban J connectivity index is 0.00000225. The number of hydrogen-bond acceptors (Lipinski definition) is 3. The number of nitrogens with zero attached hydrogens (tertiary/aromatic N) is 3. The molecule has 0 aliphatic heterocycles. The number of ether oxygens (including phenoxy) is 1. The Morgan fingerprint density at radius 1 is 1.16 bits per heavy atom. The van der Waals surface area contributed by atoms with E-state index in [0.717, 1.165) is 22.7 Å². The summed E-state index contributed by atoms with van der Waals surface area (Å²) in [4.78, 5) is 4.36. The van der Waals surface area contributed by atoms with Gasteiger partial charge in [-0.15, -0.1) is 24.0 Å². The molecule has 0 spiro atoms. The van der Waals surface area contributed by atoms with E-state index in [2.05, 4.69) is 15.4 Å². The molecule has 0 aliphatic rings. The highest BCUT2D eigenvalue weighted by Gasteiger charge is 2.02. The lowest BCUT2D eigenvalue weighted by molar-refractivity contribution is 0.417. The fourth-order valence-electron chi connectivity index (χ4n) is 2.28. The molecule has 25 heavy (non-hydrogen) atoms. The maximum atomic E-state index is 5.95. The summed E-state index contributed by atoms with van der Waals surface area (Å²) in [6.45, 7) is 0.493. The van der Waals surface area contributed by atoms with E-state index in [1.807, 2.05) is 65.5 Å². The van der Waals surface area contributed by atoms with E-state index in [1.54, 1.807) is 13.3 Å². The molecule has 0 atom stereocenters. The van der Waals surface area contributed by atoms with Crippen LogP contribution in [0.2, 0.25) is 0 Å². The minimum absolute atomic E-state index is 0. The number of methoxy groups -OCH3 is 1. The second-order valence-electron chi connectivity index (χ2n) is 5.14. The average molecular weight is 449 g/mol. The van der Waals surface area contributed by atoms with Crippen molar-refractivity contribution in [3.8, 4) is 11.4 Å². The minimum atomic E-state index is 0. The van der Waals surface area contributed by atoms with E-state index in [1.165, 1.54) is 0 Å². The van der Waals surface area contributed by atoms with Gasteiger partial charge in [-0.3, -0.25) is 0 Å². The van der Waals surface area contributed by atoms with Gasteiger partial charge in [-0.05, 0) is 35.9 Å². The van der Waals surface area contributed by atoms with Crippen LogP contribution < -0.4 is 15.8 Å². The number of hydrogen-bond donors (Lipinski definition) is 2. The summed E-state index contributed by atoms with van der Waals surface area (Å²) >= 11 is 0. The quantitative estimate of drug-likeness (QED) is 0.356.